The van der Waals surface area contributed by atoms with Gasteiger partial charge in [-0.25, -0.2) is 4.98 Å². The van der Waals surface area contributed by atoms with Crippen LogP contribution < -0.4 is 10.1 Å². The van der Waals surface area contributed by atoms with Gasteiger partial charge in [-0.15, -0.1) is 0 Å². The summed E-state index contributed by atoms with van der Waals surface area (Å²) in [6, 6.07) is 24.0. The van der Waals surface area contributed by atoms with Crippen LogP contribution in [0, 0.1) is 0 Å². The number of aromatic nitrogens is 2. The molecule has 0 saturated heterocycles. The smallest absolute Gasteiger partial charge is 0.247 e. The number of amides is 2. The van der Waals surface area contributed by atoms with E-state index in [4.69, 9.17) is 9.72 Å². The minimum Gasteiger partial charge on any atom is -0.494 e. The molecule has 2 atom stereocenters. The quantitative estimate of drug-likeness (QED) is 0.409. The monoisotopic (exact) mass is 468 g/mol. The molecule has 1 aromatic heterocycles. The van der Waals surface area contributed by atoms with Crippen molar-refractivity contribution in [3.05, 3.63) is 90.3 Å². The second kappa shape index (κ2) is 9.62. The lowest BCUT2D eigenvalue weighted by molar-refractivity contribution is -0.142. The summed E-state index contributed by atoms with van der Waals surface area (Å²) in [4.78, 5) is 33.6. The lowest BCUT2D eigenvalue weighted by atomic mass is 10.0. The average molecular weight is 469 g/mol. The number of hydrogen-bond acceptors (Lipinski definition) is 4. The fraction of sp³-hybridized carbons (Fsp3) is 0.250. The lowest BCUT2D eigenvalue weighted by Crippen LogP contribution is -2.45. The van der Waals surface area contributed by atoms with E-state index in [0.29, 0.717) is 18.8 Å². The highest BCUT2D eigenvalue weighted by atomic mass is 16.5. The number of para-hydroxylation sites is 2. The number of benzene rings is 3. The van der Waals surface area contributed by atoms with E-state index in [1.165, 1.54) is 0 Å². The van der Waals surface area contributed by atoms with Crippen molar-refractivity contribution in [3.63, 3.8) is 0 Å². The van der Waals surface area contributed by atoms with Crippen molar-refractivity contribution in [2.75, 3.05) is 11.9 Å². The van der Waals surface area contributed by atoms with Gasteiger partial charge in [0, 0.05) is 12.2 Å². The molecule has 2 heterocycles. The third-order valence-electron chi connectivity index (χ3n) is 6.37. The summed E-state index contributed by atoms with van der Waals surface area (Å²) < 4.78 is 7.42. The first-order chi connectivity index (χ1) is 17.0. The normalized spacial score (nSPS) is 17.3. The van der Waals surface area contributed by atoms with E-state index < -0.39 is 6.04 Å². The Morgan fingerprint density at radius 3 is 2.46 bits per heavy atom. The van der Waals surface area contributed by atoms with Gasteiger partial charge in [0.1, 0.15) is 17.6 Å². The Morgan fingerprint density at radius 1 is 1.00 bits per heavy atom. The molecule has 35 heavy (non-hydrogen) atoms. The Kier molecular flexibility index (Phi) is 6.23. The summed E-state index contributed by atoms with van der Waals surface area (Å²) in [6.07, 6.45) is 0.0113. The molecule has 2 amide bonds. The van der Waals surface area contributed by atoms with Crippen LogP contribution in [0.2, 0.25) is 0 Å². The number of nitrogens with one attached hydrogen (secondary N) is 1. The topological polar surface area (TPSA) is 76.5 Å². The van der Waals surface area contributed by atoms with Gasteiger partial charge >= 0.3 is 0 Å². The fourth-order valence-corrected chi connectivity index (χ4v) is 4.68. The molecule has 0 spiro atoms. The molecule has 3 aromatic carbocycles. The molecule has 4 aromatic rings. The summed E-state index contributed by atoms with van der Waals surface area (Å²) in [5, 5.41) is 2.93. The van der Waals surface area contributed by atoms with Crippen molar-refractivity contribution >= 4 is 28.5 Å². The molecule has 5 rings (SSSR count). The van der Waals surface area contributed by atoms with Gasteiger partial charge in [0.25, 0.3) is 0 Å². The molecular weight excluding hydrogens is 440 g/mol. The first-order valence-corrected chi connectivity index (χ1v) is 11.9. The third-order valence-corrected chi connectivity index (χ3v) is 6.37. The third kappa shape index (κ3) is 4.49. The van der Waals surface area contributed by atoms with E-state index in [2.05, 4.69) is 5.32 Å². The lowest BCUT2D eigenvalue weighted by Gasteiger charge is -2.38. The van der Waals surface area contributed by atoms with Crippen molar-refractivity contribution < 1.29 is 14.3 Å². The van der Waals surface area contributed by atoms with Crippen molar-refractivity contribution in [3.8, 4) is 5.75 Å². The van der Waals surface area contributed by atoms with Gasteiger partial charge in [0.2, 0.25) is 11.8 Å². The second-order valence-corrected chi connectivity index (χ2v) is 8.68. The number of carbonyl (C=O) groups is 2. The SMILES string of the molecule is CCOc1ccc(NC(=O)C[C@@H]2C(=O)N(Cc3ccccc3)[C@@H](C)c3nc4ccccc4n32)cc1. The van der Waals surface area contributed by atoms with Gasteiger partial charge in [-0.05, 0) is 55.8 Å². The van der Waals surface area contributed by atoms with Gasteiger partial charge in [-0.3, -0.25) is 9.59 Å². The van der Waals surface area contributed by atoms with E-state index in [9.17, 15) is 9.59 Å². The largest absolute Gasteiger partial charge is 0.494 e. The highest BCUT2D eigenvalue weighted by Crippen LogP contribution is 2.37. The molecule has 0 bridgehead atoms. The number of rotatable bonds is 7. The number of hydrogen-bond donors (Lipinski definition) is 1. The average Bonchev–Trinajstić information content (AvgIpc) is 3.26. The summed E-state index contributed by atoms with van der Waals surface area (Å²) in [7, 11) is 0. The number of nitrogens with zero attached hydrogens (tertiary/aromatic N) is 3. The van der Waals surface area contributed by atoms with Crippen molar-refractivity contribution in [2.45, 2.75) is 38.9 Å². The molecule has 1 aliphatic rings. The molecule has 7 nitrogen and oxygen atoms in total. The Bertz CT molecular complexity index is 1350. The zero-order valence-corrected chi connectivity index (χ0v) is 19.8. The summed E-state index contributed by atoms with van der Waals surface area (Å²) in [5.41, 5.74) is 3.38. The highest BCUT2D eigenvalue weighted by Gasteiger charge is 2.40. The number of fused-ring (bicyclic) bond motifs is 3. The number of imidazole rings is 1. The zero-order chi connectivity index (χ0) is 24.4. The summed E-state index contributed by atoms with van der Waals surface area (Å²) in [5.74, 6) is 1.22. The Balaban J connectivity index is 1.45. The van der Waals surface area contributed by atoms with Gasteiger partial charge in [0.15, 0.2) is 0 Å². The van der Waals surface area contributed by atoms with Crippen LogP contribution >= 0.6 is 0 Å². The van der Waals surface area contributed by atoms with E-state index in [0.717, 1.165) is 28.2 Å². The molecule has 1 aliphatic heterocycles. The van der Waals surface area contributed by atoms with Crippen LogP contribution in [0.15, 0.2) is 78.9 Å². The molecule has 0 radical (unpaired) electrons. The maximum absolute atomic E-state index is 13.8. The Labute approximate surface area is 204 Å². The van der Waals surface area contributed by atoms with Gasteiger partial charge in [0.05, 0.1) is 30.1 Å². The van der Waals surface area contributed by atoms with E-state index >= 15 is 0 Å². The van der Waals surface area contributed by atoms with Crippen molar-refractivity contribution in [1.29, 1.82) is 0 Å². The molecule has 0 aliphatic carbocycles. The maximum atomic E-state index is 13.8. The van der Waals surface area contributed by atoms with Crippen LogP contribution in [0.3, 0.4) is 0 Å². The van der Waals surface area contributed by atoms with E-state index in [1.807, 2.05) is 90.0 Å². The Hall–Kier alpha value is -4.13. The van der Waals surface area contributed by atoms with Gasteiger partial charge in [-0.2, -0.15) is 0 Å². The fourth-order valence-electron chi connectivity index (χ4n) is 4.68. The Morgan fingerprint density at radius 2 is 1.71 bits per heavy atom. The van der Waals surface area contributed by atoms with Crippen LogP contribution in [0.5, 0.6) is 5.75 Å². The van der Waals surface area contributed by atoms with Crippen LogP contribution in [-0.4, -0.2) is 32.9 Å². The van der Waals surface area contributed by atoms with E-state index in [-0.39, 0.29) is 24.3 Å². The molecule has 0 saturated carbocycles. The number of carbonyl (C=O) groups excluding carboxylic acids is 2. The number of ether oxygens (including phenoxy) is 1. The van der Waals surface area contributed by atoms with Crippen molar-refractivity contribution in [2.24, 2.45) is 0 Å². The molecular formula is C28H28N4O3. The van der Waals surface area contributed by atoms with Gasteiger partial charge in [-0.1, -0.05) is 42.5 Å². The highest BCUT2D eigenvalue weighted by molar-refractivity contribution is 5.96. The van der Waals surface area contributed by atoms with Crippen molar-refractivity contribution in [1.82, 2.24) is 14.5 Å². The first-order valence-electron chi connectivity index (χ1n) is 11.9. The second-order valence-electron chi connectivity index (χ2n) is 8.68. The minimum atomic E-state index is -0.681. The van der Waals surface area contributed by atoms with Crippen LogP contribution in [0.1, 0.15) is 43.7 Å². The van der Waals surface area contributed by atoms with Crippen LogP contribution in [0.25, 0.3) is 11.0 Å². The maximum Gasteiger partial charge on any atom is 0.247 e. The molecule has 0 fully saturated rings. The van der Waals surface area contributed by atoms with E-state index in [1.54, 1.807) is 12.1 Å². The standard InChI is InChI=1S/C28H28N4O3/c1-3-35-22-15-13-21(14-16-22)29-26(33)17-25-28(34)31(18-20-9-5-4-6-10-20)19(2)27-30-23-11-7-8-12-24(23)32(25)27/h4-16,19,25H,3,17-18H2,1-2H3,(H,29,33)/t19-,25+/m0/s1. The minimum absolute atomic E-state index is 0.0113. The zero-order valence-electron chi connectivity index (χ0n) is 19.8. The first kappa shape index (κ1) is 22.7. The predicted molar refractivity (Wildman–Crippen MR) is 135 cm³/mol. The van der Waals surface area contributed by atoms with Crippen LogP contribution in [0.4, 0.5) is 5.69 Å². The molecule has 7 heteroatoms. The predicted octanol–water partition coefficient (Wildman–Crippen LogP) is 5.11. The van der Waals surface area contributed by atoms with Gasteiger partial charge < -0.3 is 19.5 Å². The molecule has 0 unspecified atom stereocenters. The summed E-state index contributed by atoms with van der Waals surface area (Å²) in [6.45, 7) is 4.96. The molecule has 178 valence electrons. The summed E-state index contributed by atoms with van der Waals surface area (Å²) >= 11 is 0. The molecule has 1 N–H and O–H groups in total. The van der Waals surface area contributed by atoms with Crippen LogP contribution in [-0.2, 0) is 16.1 Å². The number of anilines is 1.